The standard InChI is InChI=1S/C15H17NO5/c17-14(13-9-20-5-6-21-13)16-8-11-4-2-1-3-10(11)7-12(16)15(18)19/h1-4,12-13H,5-9H2,(H,18,19)/t12-,13+/m0/s1. The van der Waals surface area contributed by atoms with Gasteiger partial charge in [0.2, 0.25) is 0 Å². The van der Waals surface area contributed by atoms with Crippen LogP contribution in [0.5, 0.6) is 0 Å². The number of hydrogen-bond donors (Lipinski definition) is 1. The maximum Gasteiger partial charge on any atom is 0.326 e. The summed E-state index contributed by atoms with van der Waals surface area (Å²) in [4.78, 5) is 25.4. The third kappa shape index (κ3) is 2.77. The van der Waals surface area contributed by atoms with Gasteiger partial charge in [0.25, 0.3) is 5.91 Å². The molecule has 0 spiro atoms. The summed E-state index contributed by atoms with van der Waals surface area (Å²) in [6.45, 7) is 1.31. The number of carboxylic acids is 1. The van der Waals surface area contributed by atoms with Gasteiger partial charge in [0.1, 0.15) is 6.04 Å². The Labute approximate surface area is 122 Å². The molecule has 0 saturated carbocycles. The normalized spacial score (nSPS) is 25.2. The lowest BCUT2D eigenvalue weighted by atomic mass is 9.93. The van der Waals surface area contributed by atoms with E-state index in [0.717, 1.165) is 11.1 Å². The SMILES string of the molecule is O=C(O)[C@@H]1Cc2ccccc2CN1C(=O)[C@H]1COCCO1. The van der Waals surface area contributed by atoms with Gasteiger partial charge >= 0.3 is 5.97 Å². The smallest absolute Gasteiger partial charge is 0.326 e. The summed E-state index contributed by atoms with van der Waals surface area (Å²) in [6, 6.07) is 6.76. The topological polar surface area (TPSA) is 76.1 Å². The van der Waals surface area contributed by atoms with Crippen molar-refractivity contribution in [3.63, 3.8) is 0 Å². The van der Waals surface area contributed by atoms with E-state index >= 15 is 0 Å². The van der Waals surface area contributed by atoms with Crippen LogP contribution in [0, 0.1) is 0 Å². The molecular weight excluding hydrogens is 274 g/mol. The molecule has 0 radical (unpaired) electrons. The fourth-order valence-electron chi connectivity index (χ4n) is 2.79. The molecule has 1 fully saturated rings. The van der Waals surface area contributed by atoms with Crippen molar-refractivity contribution in [3.05, 3.63) is 35.4 Å². The highest BCUT2D eigenvalue weighted by atomic mass is 16.6. The maximum atomic E-state index is 12.5. The van der Waals surface area contributed by atoms with Crippen LogP contribution in [0.15, 0.2) is 24.3 Å². The molecule has 0 unspecified atom stereocenters. The zero-order valence-electron chi connectivity index (χ0n) is 11.5. The van der Waals surface area contributed by atoms with Gasteiger partial charge in [-0.2, -0.15) is 0 Å². The van der Waals surface area contributed by atoms with Crippen LogP contribution in [0.25, 0.3) is 0 Å². The number of nitrogens with zero attached hydrogens (tertiary/aromatic N) is 1. The molecule has 0 bridgehead atoms. The summed E-state index contributed by atoms with van der Waals surface area (Å²) in [5.41, 5.74) is 1.97. The second kappa shape index (κ2) is 5.83. The van der Waals surface area contributed by atoms with Crippen LogP contribution < -0.4 is 0 Å². The fourth-order valence-corrected chi connectivity index (χ4v) is 2.79. The van der Waals surface area contributed by atoms with E-state index in [1.54, 1.807) is 0 Å². The largest absolute Gasteiger partial charge is 0.480 e. The molecular formula is C15H17NO5. The molecule has 1 N–H and O–H groups in total. The van der Waals surface area contributed by atoms with Crippen molar-refractivity contribution >= 4 is 11.9 Å². The Bertz CT molecular complexity index is 553. The average molecular weight is 291 g/mol. The zero-order valence-corrected chi connectivity index (χ0v) is 11.5. The summed E-state index contributed by atoms with van der Waals surface area (Å²) in [7, 11) is 0. The summed E-state index contributed by atoms with van der Waals surface area (Å²) in [6.07, 6.45) is -0.379. The Balaban J connectivity index is 1.85. The van der Waals surface area contributed by atoms with Crippen LogP contribution in [-0.2, 0) is 32.0 Å². The lowest BCUT2D eigenvalue weighted by Gasteiger charge is -2.37. The van der Waals surface area contributed by atoms with E-state index in [9.17, 15) is 14.7 Å². The molecule has 6 nitrogen and oxygen atoms in total. The Morgan fingerprint density at radius 3 is 2.62 bits per heavy atom. The molecule has 2 aliphatic rings. The fraction of sp³-hybridized carbons (Fsp3) is 0.467. The van der Waals surface area contributed by atoms with Gasteiger partial charge in [0, 0.05) is 13.0 Å². The van der Waals surface area contributed by atoms with Gasteiger partial charge in [-0.15, -0.1) is 0 Å². The molecule has 1 amide bonds. The van der Waals surface area contributed by atoms with Gasteiger partial charge in [-0.25, -0.2) is 4.79 Å². The number of aliphatic carboxylic acids is 1. The highest BCUT2D eigenvalue weighted by molar-refractivity contribution is 5.87. The summed E-state index contributed by atoms with van der Waals surface area (Å²) < 4.78 is 10.6. The first-order valence-corrected chi connectivity index (χ1v) is 6.96. The molecule has 2 atom stereocenters. The number of fused-ring (bicyclic) bond motifs is 1. The van der Waals surface area contributed by atoms with Gasteiger partial charge < -0.3 is 19.5 Å². The van der Waals surface area contributed by atoms with Gasteiger partial charge in [-0.1, -0.05) is 24.3 Å². The first kappa shape index (κ1) is 14.0. The Hall–Kier alpha value is -1.92. The minimum absolute atomic E-state index is 0.184. The predicted octanol–water partition coefficient (Wildman–Crippen LogP) is 0.440. The van der Waals surface area contributed by atoms with Crippen LogP contribution in [0.2, 0.25) is 0 Å². The van der Waals surface area contributed by atoms with Gasteiger partial charge in [0.15, 0.2) is 6.10 Å². The van der Waals surface area contributed by atoms with E-state index in [1.807, 2.05) is 24.3 Å². The van der Waals surface area contributed by atoms with Gasteiger partial charge in [0.05, 0.1) is 19.8 Å². The molecule has 2 heterocycles. The Morgan fingerprint density at radius 2 is 1.95 bits per heavy atom. The first-order chi connectivity index (χ1) is 10.2. The van der Waals surface area contributed by atoms with Crippen LogP contribution >= 0.6 is 0 Å². The summed E-state index contributed by atoms with van der Waals surface area (Å²) >= 11 is 0. The van der Waals surface area contributed by atoms with Crippen molar-refractivity contribution in [1.29, 1.82) is 0 Å². The number of rotatable bonds is 2. The molecule has 0 aliphatic carbocycles. The predicted molar refractivity (Wildman–Crippen MR) is 72.7 cm³/mol. The molecule has 3 rings (SSSR count). The Kier molecular flexibility index (Phi) is 3.90. The van der Waals surface area contributed by atoms with Gasteiger partial charge in [-0.05, 0) is 11.1 Å². The van der Waals surface area contributed by atoms with Crippen molar-refractivity contribution in [1.82, 2.24) is 4.90 Å². The van der Waals surface area contributed by atoms with Crippen molar-refractivity contribution < 1.29 is 24.2 Å². The number of hydrogen-bond acceptors (Lipinski definition) is 4. The van der Waals surface area contributed by atoms with E-state index in [1.165, 1.54) is 4.90 Å². The van der Waals surface area contributed by atoms with Crippen LogP contribution in [0.1, 0.15) is 11.1 Å². The van der Waals surface area contributed by atoms with E-state index in [2.05, 4.69) is 0 Å². The number of carbonyl (C=O) groups excluding carboxylic acids is 1. The van der Waals surface area contributed by atoms with Gasteiger partial charge in [-0.3, -0.25) is 4.79 Å². The molecule has 112 valence electrons. The molecule has 1 aromatic rings. The van der Waals surface area contributed by atoms with E-state index in [-0.39, 0.29) is 12.5 Å². The quantitative estimate of drug-likeness (QED) is 0.855. The van der Waals surface area contributed by atoms with Crippen LogP contribution in [-0.4, -0.2) is 53.8 Å². The highest BCUT2D eigenvalue weighted by Crippen LogP contribution is 2.25. The lowest BCUT2D eigenvalue weighted by Crippen LogP contribution is -2.54. The number of amides is 1. The minimum atomic E-state index is -0.991. The average Bonchev–Trinajstić information content (AvgIpc) is 2.53. The first-order valence-electron chi connectivity index (χ1n) is 6.96. The maximum absolute atomic E-state index is 12.5. The molecule has 21 heavy (non-hydrogen) atoms. The number of benzene rings is 1. The molecule has 0 aromatic heterocycles. The summed E-state index contributed by atoms with van der Waals surface area (Å²) in [5, 5.41) is 9.42. The second-order valence-electron chi connectivity index (χ2n) is 5.23. The summed E-state index contributed by atoms with van der Waals surface area (Å²) in [5.74, 6) is -1.30. The van der Waals surface area contributed by atoms with Crippen molar-refractivity contribution in [2.24, 2.45) is 0 Å². The Morgan fingerprint density at radius 1 is 1.19 bits per heavy atom. The highest BCUT2D eigenvalue weighted by Gasteiger charge is 2.38. The third-order valence-electron chi connectivity index (χ3n) is 3.91. The van der Waals surface area contributed by atoms with Crippen molar-refractivity contribution in [2.45, 2.75) is 25.1 Å². The lowest BCUT2D eigenvalue weighted by molar-refractivity contribution is -0.166. The zero-order chi connectivity index (χ0) is 14.8. The molecule has 1 saturated heterocycles. The molecule has 1 aromatic carbocycles. The monoisotopic (exact) mass is 291 g/mol. The molecule has 2 aliphatic heterocycles. The number of carbonyl (C=O) groups is 2. The number of carboxylic acid groups (broad SMARTS) is 1. The van der Waals surface area contributed by atoms with E-state index < -0.39 is 18.1 Å². The molecule has 6 heteroatoms. The van der Waals surface area contributed by atoms with E-state index in [4.69, 9.17) is 9.47 Å². The van der Waals surface area contributed by atoms with Crippen molar-refractivity contribution in [3.8, 4) is 0 Å². The minimum Gasteiger partial charge on any atom is -0.480 e. The van der Waals surface area contributed by atoms with Crippen molar-refractivity contribution in [2.75, 3.05) is 19.8 Å². The van der Waals surface area contributed by atoms with Crippen LogP contribution in [0.4, 0.5) is 0 Å². The second-order valence-corrected chi connectivity index (χ2v) is 5.23. The number of ether oxygens (including phenoxy) is 2. The van der Waals surface area contributed by atoms with E-state index in [0.29, 0.717) is 26.2 Å². The third-order valence-corrected chi connectivity index (χ3v) is 3.91. The van der Waals surface area contributed by atoms with Crippen LogP contribution in [0.3, 0.4) is 0 Å².